The van der Waals surface area contributed by atoms with E-state index in [-0.39, 0.29) is 5.78 Å². The molecular weight excluding hydrogens is 188 g/mol. The van der Waals surface area contributed by atoms with Gasteiger partial charge in [-0.15, -0.1) is 0 Å². The van der Waals surface area contributed by atoms with Gasteiger partial charge in [-0.25, -0.2) is 4.98 Å². The van der Waals surface area contributed by atoms with Crippen molar-refractivity contribution in [2.75, 3.05) is 0 Å². The van der Waals surface area contributed by atoms with Gasteiger partial charge in [-0.2, -0.15) is 0 Å². The highest BCUT2D eigenvalue weighted by molar-refractivity contribution is 5.97. The van der Waals surface area contributed by atoms with Crippen LogP contribution in [0, 0.1) is 6.92 Å². The van der Waals surface area contributed by atoms with E-state index in [4.69, 9.17) is 0 Å². The SMILES string of the molecule is Cc1ccc2nc3c(n2c1)C(=O)CCC3. The second kappa shape index (κ2) is 2.92. The van der Waals surface area contributed by atoms with E-state index in [1.54, 1.807) is 0 Å². The summed E-state index contributed by atoms with van der Waals surface area (Å²) in [6, 6.07) is 4.00. The predicted molar refractivity (Wildman–Crippen MR) is 57.2 cm³/mol. The lowest BCUT2D eigenvalue weighted by Gasteiger charge is -2.09. The molecule has 1 aliphatic carbocycles. The van der Waals surface area contributed by atoms with Crippen molar-refractivity contribution < 1.29 is 4.79 Å². The molecule has 3 rings (SSSR count). The molecule has 76 valence electrons. The summed E-state index contributed by atoms with van der Waals surface area (Å²) >= 11 is 0. The second-order valence-corrected chi connectivity index (χ2v) is 4.12. The van der Waals surface area contributed by atoms with Crippen LogP contribution in [0.25, 0.3) is 5.65 Å². The highest BCUT2D eigenvalue weighted by Gasteiger charge is 2.22. The largest absolute Gasteiger partial charge is 0.297 e. The summed E-state index contributed by atoms with van der Waals surface area (Å²) in [4.78, 5) is 16.3. The molecule has 2 aromatic heterocycles. The molecule has 0 saturated heterocycles. The average molecular weight is 200 g/mol. The molecule has 0 atom stereocenters. The Bertz CT molecular complexity index is 554. The van der Waals surface area contributed by atoms with E-state index in [0.29, 0.717) is 6.42 Å². The lowest BCUT2D eigenvalue weighted by Crippen LogP contribution is -2.12. The second-order valence-electron chi connectivity index (χ2n) is 4.12. The molecule has 0 radical (unpaired) electrons. The Hall–Kier alpha value is -1.64. The van der Waals surface area contributed by atoms with E-state index in [1.165, 1.54) is 0 Å². The molecular formula is C12H12N2O. The Balaban J connectivity index is 2.38. The van der Waals surface area contributed by atoms with Crippen LogP contribution in [0.5, 0.6) is 0 Å². The van der Waals surface area contributed by atoms with Gasteiger partial charge in [0.15, 0.2) is 5.78 Å². The van der Waals surface area contributed by atoms with Gasteiger partial charge in [-0.1, -0.05) is 6.07 Å². The molecule has 0 aromatic carbocycles. The van der Waals surface area contributed by atoms with Gasteiger partial charge in [0.05, 0.1) is 5.69 Å². The van der Waals surface area contributed by atoms with Crippen LogP contribution in [0.4, 0.5) is 0 Å². The maximum absolute atomic E-state index is 11.8. The zero-order chi connectivity index (χ0) is 10.4. The molecule has 1 aliphatic rings. The van der Waals surface area contributed by atoms with Crippen LogP contribution in [0.15, 0.2) is 18.3 Å². The fraction of sp³-hybridized carbons (Fsp3) is 0.333. The minimum absolute atomic E-state index is 0.231. The summed E-state index contributed by atoms with van der Waals surface area (Å²) in [7, 11) is 0. The Morgan fingerprint density at radius 2 is 2.20 bits per heavy atom. The molecule has 0 amide bonds. The molecule has 0 spiro atoms. The molecule has 0 unspecified atom stereocenters. The van der Waals surface area contributed by atoms with E-state index in [1.807, 2.05) is 29.7 Å². The first kappa shape index (κ1) is 8.65. The molecule has 2 heterocycles. The third-order valence-corrected chi connectivity index (χ3v) is 2.92. The van der Waals surface area contributed by atoms with Crippen molar-refractivity contribution in [2.24, 2.45) is 0 Å². The Labute approximate surface area is 87.7 Å². The number of nitrogens with zero attached hydrogens (tertiary/aromatic N) is 2. The number of carbonyl (C=O) groups excluding carboxylic acids is 1. The average Bonchev–Trinajstić information content (AvgIpc) is 2.57. The number of carbonyl (C=O) groups is 1. The number of fused-ring (bicyclic) bond motifs is 3. The van der Waals surface area contributed by atoms with E-state index in [0.717, 1.165) is 35.4 Å². The first-order chi connectivity index (χ1) is 7.25. The highest BCUT2D eigenvalue weighted by atomic mass is 16.1. The van der Waals surface area contributed by atoms with Gasteiger partial charge in [0.2, 0.25) is 0 Å². The van der Waals surface area contributed by atoms with E-state index in [9.17, 15) is 4.79 Å². The number of aromatic nitrogens is 2. The number of hydrogen-bond donors (Lipinski definition) is 0. The monoisotopic (exact) mass is 200 g/mol. The van der Waals surface area contributed by atoms with Gasteiger partial charge in [0, 0.05) is 12.6 Å². The smallest absolute Gasteiger partial charge is 0.181 e. The van der Waals surface area contributed by atoms with Crippen LogP contribution in [0.1, 0.15) is 34.6 Å². The van der Waals surface area contributed by atoms with Crippen LogP contribution in [-0.4, -0.2) is 15.2 Å². The summed E-state index contributed by atoms with van der Waals surface area (Å²) in [5, 5.41) is 0. The molecule has 0 saturated carbocycles. The number of ketones is 1. The number of pyridine rings is 1. The normalized spacial score (nSPS) is 15.7. The van der Waals surface area contributed by atoms with Crippen LogP contribution >= 0.6 is 0 Å². The number of hydrogen-bond acceptors (Lipinski definition) is 2. The fourth-order valence-corrected chi connectivity index (χ4v) is 2.20. The van der Waals surface area contributed by atoms with Crippen LogP contribution in [0.3, 0.4) is 0 Å². The minimum Gasteiger partial charge on any atom is -0.297 e. The standard InChI is InChI=1S/C12H12N2O/c1-8-5-6-11-13-9-3-2-4-10(15)12(9)14(11)7-8/h5-7H,2-4H2,1H3. The third kappa shape index (κ3) is 1.19. The maximum Gasteiger partial charge on any atom is 0.181 e. The Morgan fingerprint density at radius 1 is 1.33 bits per heavy atom. The van der Waals surface area contributed by atoms with Crippen molar-refractivity contribution >= 4 is 11.4 Å². The lowest BCUT2D eigenvalue weighted by atomic mass is 10.00. The molecule has 15 heavy (non-hydrogen) atoms. The molecule has 3 nitrogen and oxygen atoms in total. The summed E-state index contributed by atoms with van der Waals surface area (Å²) in [6.07, 6.45) is 4.52. The van der Waals surface area contributed by atoms with E-state index < -0.39 is 0 Å². The first-order valence-corrected chi connectivity index (χ1v) is 5.26. The van der Waals surface area contributed by atoms with Gasteiger partial charge in [0.25, 0.3) is 0 Å². The van der Waals surface area contributed by atoms with Crippen LogP contribution < -0.4 is 0 Å². The van der Waals surface area contributed by atoms with E-state index in [2.05, 4.69) is 4.98 Å². The maximum atomic E-state index is 11.8. The molecule has 3 heteroatoms. The zero-order valence-corrected chi connectivity index (χ0v) is 8.66. The van der Waals surface area contributed by atoms with E-state index >= 15 is 0 Å². The van der Waals surface area contributed by atoms with Gasteiger partial charge in [-0.05, 0) is 31.4 Å². The summed E-state index contributed by atoms with van der Waals surface area (Å²) < 4.78 is 1.94. The van der Waals surface area contributed by atoms with Gasteiger partial charge >= 0.3 is 0 Å². The molecule has 0 bridgehead atoms. The fourth-order valence-electron chi connectivity index (χ4n) is 2.20. The van der Waals surface area contributed by atoms with Gasteiger partial charge < -0.3 is 0 Å². The highest BCUT2D eigenvalue weighted by Crippen LogP contribution is 2.22. The summed E-state index contributed by atoms with van der Waals surface area (Å²) in [5.74, 6) is 0.231. The molecule has 0 aliphatic heterocycles. The first-order valence-electron chi connectivity index (χ1n) is 5.26. The predicted octanol–water partition coefficient (Wildman–Crippen LogP) is 2.16. The zero-order valence-electron chi connectivity index (χ0n) is 8.66. The van der Waals surface area contributed by atoms with Crippen LogP contribution in [-0.2, 0) is 6.42 Å². The minimum atomic E-state index is 0.231. The third-order valence-electron chi connectivity index (χ3n) is 2.92. The number of aryl methyl sites for hydroxylation is 2. The van der Waals surface area contributed by atoms with Gasteiger partial charge in [-0.3, -0.25) is 9.20 Å². The summed E-state index contributed by atoms with van der Waals surface area (Å²) in [5.41, 5.74) is 3.82. The van der Waals surface area contributed by atoms with Crippen molar-refractivity contribution in [3.63, 3.8) is 0 Å². The number of Topliss-reactive ketones (excluding diaryl/α,β-unsaturated/α-hetero) is 1. The number of rotatable bonds is 0. The Morgan fingerprint density at radius 3 is 3.07 bits per heavy atom. The van der Waals surface area contributed by atoms with Crippen molar-refractivity contribution in [1.29, 1.82) is 0 Å². The van der Waals surface area contributed by atoms with Crippen molar-refractivity contribution in [3.05, 3.63) is 35.3 Å². The quantitative estimate of drug-likeness (QED) is 0.653. The molecule has 0 fully saturated rings. The van der Waals surface area contributed by atoms with Crippen molar-refractivity contribution in [2.45, 2.75) is 26.2 Å². The molecule has 2 aromatic rings. The molecule has 0 N–H and O–H groups in total. The number of imidazole rings is 1. The summed E-state index contributed by atoms with van der Waals surface area (Å²) in [6.45, 7) is 2.03. The lowest BCUT2D eigenvalue weighted by molar-refractivity contribution is 0.0966. The van der Waals surface area contributed by atoms with Gasteiger partial charge in [0.1, 0.15) is 11.3 Å². The van der Waals surface area contributed by atoms with Crippen molar-refractivity contribution in [1.82, 2.24) is 9.38 Å². The van der Waals surface area contributed by atoms with Crippen molar-refractivity contribution in [3.8, 4) is 0 Å². The van der Waals surface area contributed by atoms with Crippen LogP contribution in [0.2, 0.25) is 0 Å². The topological polar surface area (TPSA) is 34.4 Å². The Kier molecular flexibility index (Phi) is 1.69.